The van der Waals surface area contributed by atoms with Crippen LogP contribution >= 0.6 is 0 Å². The molecule has 1 N–H and O–H groups in total. The molecule has 41 heavy (non-hydrogen) atoms. The Hall–Kier alpha value is -5.15. The second-order valence-electron chi connectivity index (χ2n) is 11.4. The van der Waals surface area contributed by atoms with Gasteiger partial charge in [-0.15, -0.1) is 0 Å². The van der Waals surface area contributed by atoms with E-state index >= 15 is 0 Å². The number of fused-ring (bicyclic) bond motifs is 6. The molecule has 196 valence electrons. The molecule has 0 unspecified atom stereocenters. The normalized spacial score (nSPS) is 13.3. The lowest BCUT2D eigenvalue weighted by Crippen LogP contribution is -2.16. The van der Waals surface area contributed by atoms with Crippen LogP contribution in [0, 0.1) is 0 Å². The minimum absolute atomic E-state index is 0.0668. The summed E-state index contributed by atoms with van der Waals surface area (Å²) < 4.78 is 0. The van der Waals surface area contributed by atoms with Crippen LogP contribution in [0.1, 0.15) is 25.0 Å². The van der Waals surface area contributed by atoms with E-state index < -0.39 is 0 Å². The number of para-hydroxylation sites is 1. The molecule has 2 heterocycles. The molecular weight excluding hydrogens is 498 g/mol. The van der Waals surface area contributed by atoms with Gasteiger partial charge in [0, 0.05) is 44.8 Å². The summed E-state index contributed by atoms with van der Waals surface area (Å²) in [7, 11) is 0. The van der Waals surface area contributed by atoms with Gasteiger partial charge >= 0.3 is 0 Å². The van der Waals surface area contributed by atoms with Crippen LogP contribution in [0.2, 0.25) is 0 Å². The van der Waals surface area contributed by atoms with Gasteiger partial charge in [-0.05, 0) is 88.0 Å². The molecule has 0 radical (unpaired) electrons. The van der Waals surface area contributed by atoms with E-state index in [0.29, 0.717) is 0 Å². The van der Waals surface area contributed by atoms with Crippen LogP contribution in [0.25, 0.3) is 44.1 Å². The average Bonchev–Trinajstić information content (AvgIpc) is 3.50. The van der Waals surface area contributed by atoms with Gasteiger partial charge in [0.05, 0.1) is 0 Å². The van der Waals surface area contributed by atoms with E-state index in [4.69, 9.17) is 4.98 Å². The third-order valence-electron chi connectivity index (χ3n) is 8.67. The van der Waals surface area contributed by atoms with Gasteiger partial charge in [0.15, 0.2) is 0 Å². The van der Waals surface area contributed by atoms with Crippen molar-refractivity contribution < 1.29 is 0 Å². The number of anilines is 3. The summed E-state index contributed by atoms with van der Waals surface area (Å²) in [6.45, 7) is 4.65. The van der Waals surface area contributed by atoms with Gasteiger partial charge in [-0.1, -0.05) is 86.6 Å². The summed E-state index contributed by atoms with van der Waals surface area (Å²) in [6, 6.07) is 45.7. The average molecular weight is 528 g/mol. The van der Waals surface area contributed by atoms with Crippen molar-refractivity contribution in [1.29, 1.82) is 0 Å². The van der Waals surface area contributed by atoms with Crippen molar-refractivity contribution >= 4 is 39.0 Å². The smallest absolute Gasteiger partial charge is 0.137 e. The highest BCUT2D eigenvalue weighted by Gasteiger charge is 2.35. The molecule has 0 saturated heterocycles. The number of benzene rings is 5. The maximum absolute atomic E-state index is 4.76. The van der Waals surface area contributed by atoms with Crippen LogP contribution in [0.15, 0.2) is 134 Å². The van der Waals surface area contributed by atoms with Gasteiger partial charge < -0.3 is 4.98 Å². The number of H-pyrrole nitrogens is 1. The van der Waals surface area contributed by atoms with Crippen LogP contribution in [0.3, 0.4) is 0 Å². The van der Waals surface area contributed by atoms with Crippen molar-refractivity contribution in [1.82, 2.24) is 9.97 Å². The molecule has 8 rings (SSSR count). The standard InChI is InChI=1S/C38H29N3/c1-38(2)33-11-5-3-9-29(33)30-20-19-28(24-34(30)38)41(37-13-7-8-22-39-37)27-17-14-25(15-18-27)26-16-21-36-32(23-26)31-10-4-6-12-35(31)40-36/h3-24,40H,1-2H3. The monoisotopic (exact) mass is 527 g/mol. The van der Waals surface area contributed by atoms with Gasteiger partial charge in [-0.25, -0.2) is 4.98 Å². The largest absolute Gasteiger partial charge is 0.355 e. The molecule has 7 aromatic rings. The summed E-state index contributed by atoms with van der Waals surface area (Å²) in [5.74, 6) is 0.897. The summed E-state index contributed by atoms with van der Waals surface area (Å²) in [5, 5.41) is 2.50. The molecule has 0 fully saturated rings. The van der Waals surface area contributed by atoms with Crippen LogP contribution in [-0.4, -0.2) is 9.97 Å². The van der Waals surface area contributed by atoms with Gasteiger partial charge in [0.1, 0.15) is 5.82 Å². The zero-order valence-electron chi connectivity index (χ0n) is 23.1. The van der Waals surface area contributed by atoms with E-state index in [1.807, 2.05) is 18.3 Å². The fraction of sp³-hybridized carbons (Fsp3) is 0.0789. The quantitative estimate of drug-likeness (QED) is 0.247. The first kappa shape index (κ1) is 23.7. The number of aromatic amines is 1. The summed E-state index contributed by atoms with van der Waals surface area (Å²) in [4.78, 5) is 10.6. The van der Waals surface area contributed by atoms with Gasteiger partial charge in [0.25, 0.3) is 0 Å². The number of hydrogen-bond donors (Lipinski definition) is 1. The highest BCUT2D eigenvalue weighted by Crippen LogP contribution is 2.50. The van der Waals surface area contributed by atoms with Crippen LogP contribution in [0.5, 0.6) is 0 Å². The Morgan fingerprint density at radius 2 is 1.27 bits per heavy atom. The molecule has 2 aromatic heterocycles. The van der Waals surface area contributed by atoms with E-state index in [1.54, 1.807) is 0 Å². The molecule has 0 aliphatic heterocycles. The second kappa shape index (κ2) is 8.94. The van der Waals surface area contributed by atoms with Gasteiger partial charge in [-0.2, -0.15) is 0 Å². The number of pyridine rings is 1. The number of hydrogen-bond acceptors (Lipinski definition) is 2. The lowest BCUT2D eigenvalue weighted by atomic mass is 9.82. The van der Waals surface area contributed by atoms with Crippen molar-refractivity contribution in [3.05, 3.63) is 145 Å². The number of aromatic nitrogens is 2. The Labute approximate surface area is 239 Å². The minimum Gasteiger partial charge on any atom is -0.355 e. The van der Waals surface area contributed by atoms with Gasteiger partial charge in [0.2, 0.25) is 0 Å². The van der Waals surface area contributed by atoms with Crippen molar-refractivity contribution in [3.8, 4) is 22.3 Å². The minimum atomic E-state index is -0.0668. The van der Waals surface area contributed by atoms with E-state index in [1.165, 1.54) is 49.7 Å². The zero-order chi connectivity index (χ0) is 27.6. The van der Waals surface area contributed by atoms with Crippen molar-refractivity contribution in [3.63, 3.8) is 0 Å². The maximum Gasteiger partial charge on any atom is 0.137 e. The fourth-order valence-electron chi connectivity index (χ4n) is 6.56. The highest BCUT2D eigenvalue weighted by molar-refractivity contribution is 6.08. The molecule has 1 aliphatic rings. The second-order valence-corrected chi connectivity index (χ2v) is 11.4. The zero-order valence-corrected chi connectivity index (χ0v) is 23.1. The molecule has 1 aliphatic carbocycles. The molecule has 3 heteroatoms. The van der Waals surface area contributed by atoms with E-state index in [2.05, 4.69) is 139 Å². The summed E-state index contributed by atoms with van der Waals surface area (Å²) in [5.41, 5.74) is 12.2. The van der Waals surface area contributed by atoms with E-state index in [-0.39, 0.29) is 5.41 Å². The van der Waals surface area contributed by atoms with Crippen molar-refractivity contribution in [2.75, 3.05) is 4.90 Å². The predicted octanol–water partition coefficient (Wildman–Crippen LogP) is 10.2. The third-order valence-corrected chi connectivity index (χ3v) is 8.67. The Morgan fingerprint density at radius 1 is 0.561 bits per heavy atom. The first-order chi connectivity index (χ1) is 20.1. The fourth-order valence-corrected chi connectivity index (χ4v) is 6.56. The van der Waals surface area contributed by atoms with Crippen LogP contribution < -0.4 is 4.90 Å². The lowest BCUT2D eigenvalue weighted by Gasteiger charge is -2.27. The first-order valence-electron chi connectivity index (χ1n) is 14.1. The topological polar surface area (TPSA) is 31.9 Å². The molecule has 0 amide bonds. The molecule has 0 saturated carbocycles. The molecule has 0 bridgehead atoms. The lowest BCUT2D eigenvalue weighted by molar-refractivity contribution is 0.660. The van der Waals surface area contributed by atoms with Crippen molar-refractivity contribution in [2.45, 2.75) is 19.3 Å². The summed E-state index contributed by atoms with van der Waals surface area (Å²) in [6.07, 6.45) is 1.86. The van der Waals surface area contributed by atoms with Crippen molar-refractivity contribution in [2.24, 2.45) is 0 Å². The molecule has 0 spiro atoms. The summed E-state index contributed by atoms with van der Waals surface area (Å²) >= 11 is 0. The Bertz CT molecular complexity index is 2070. The van der Waals surface area contributed by atoms with Crippen LogP contribution in [0.4, 0.5) is 17.2 Å². The SMILES string of the molecule is CC1(C)c2ccccc2-c2ccc(N(c3ccc(-c4ccc5[nH]c6ccccc6c5c4)cc3)c3ccccn3)cc21. The molecule has 3 nitrogen and oxygen atoms in total. The molecule has 5 aromatic carbocycles. The molecular formula is C38H29N3. The van der Waals surface area contributed by atoms with Gasteiger partial charge in [-0.3, -0.25) is 4.90 Å². The Morgan fingerprint density at radius 3 is 2.12 bits per heavy atom. The van der Waals surface area contributed by atoms with E-state index in [9.17, 15) is 0 Å². The maximum atomic E-state index is 4.76. The predicted molar refractivity (Wildman–Crippen MR) is 171 cm³/mol. The van der Waals surface area contributed by atoms with Crippen LogP contribution in [-0.2, 0) is 5.41 Å². The number of rotatable bonds is 4. The number of nitrogens with one attached hydrogen (secondary N) is 1. The molecule has 0 atom stereocenters. The van der Waals surface area contributed by atoms with E-state index in [0.717, 1.165) is 22.7 Å². The number of nitrogens with zero attached hydrogens (tertiary/aromatic N) is 2. The third kappa shape index (κ3) is 3.70. The highest BCUT2D eigenvalue weighted by atomic mass is 15.2. The first-order valence-corrected chi connectivity index (χ1v) is 14.1. The Balaban J connectivity index is 1.21. The Kier molecular flexibility index (Phi) is 5.17.